The molecule has 1 aromatic heterocycles. The Morgan fingerprint density at radius 3 is 2.52 bits per heavy atom. The summed E-state index contributed by atoms with van der Waals surface area (Å²) in [4.78, 5) is 28.6. The second kappa shape index (κ2) is 12.8. The predicted molar refractivity (Wildman–Crippen MR) is 125 cm³/mol. The topological polar surface area (TPSA) is 161 Å². The third kappa shape index (κ3) is 7.89. The van der Waals surface area contributed by atoms with Gasteiger partial charge in [-0.2, -0.15) is 0 Å². The first-order valence-corrected chi connectivity index (χ1v) is 10.3. The van der Waals surface area contributed by atoms with Gasteiger partial charge in [0.25, 0.3) is 11.8 Å². The van der Waals surface area contributed by atoms with Crippen molar-refractivity contribution < 1.29 is 14.3 Å². The summed E-state index contributed by atoms with van der Waals surface area (Å²) in [6.45, 7) is 2.48. The molecule has 1 atom stereocenters. The third-order valence-corrected chi connectivity index (χ3v) is 4.64. The van der Waals surface area contributed by atoms with E-state index in [0.717, 1.165) is 12.0 Å². The Morgan fingerprint density at radius 2 is 1.94 bits per heavy atom. The van der Waals surface area contributed by atoms with Gasteiger partial charge in [0.05, 0.1) is 19.7 Å². The van der Waals surface area contributed by atoms with Gasteiger partial charge in [-0.3, -0.25) is 14.6 Å². The largest absolute Gasteiger partial charge is 0.480 e. The van der Waals surface area contributed by atoms with Crippen molar-refractivity contribution in [3.8, 4) is 5.88 Å². The first-order valence-electron chi connectivity index (χ1n) is 10.3. The Labute approximate surface area is 192 Å². The monoisotopic (exact) mass is 454 g/mol. The van der Waals surface area contributed by atoms with Crippen molar-refractivity contribution in [3.63, 3.8) is 0 Å². The lowest BCUT2D eigenvalue weighted by molar-refractivity contribution is -0.117. The molecule has 0 spiro atoms. The molecule has 0 bridgehead atoms. The minimum Gasteiger partial charge on any atom is -0.480 e. The van der Waals surface area contributed by atoms with Crippen molar-refractivity contribution in [1.29, 1.82) is 0 Å². The Kier molecular flexibility index (Phi) is 9.78. The number of nitrogens with zero attached hydrogens (tertiary/aromatic N) is 4. The average molecular weight is 455 g/mol. The van der Waals surface area contributed by atoms with Crippen LogP contribution in [0.2, 0.25) is 0 Å². The molecule has 2 amide bonds. The second-order valence-corrected chi connectivity index (χ2v) is 6.99. The first kappa shape index (κ1) is 25.3. The molecule has 1 heterocycles. The van der Waals surface area contributed by atoms with Crippen molar-refractivity contribution in [1.82, 2.24) is 25.8 Å². The number of nitrogens with two attached hydrogens (primary N) is 2. The molecule has 176 valence electrons. The summed E-state index contributed by atoms with van der Waals surface area (Å²) in [6.07, 6.45) is 3.86. The zero-order valence-electron chi connectivity index (χ0n) is 19.0. The lowest BCUT2D eigenvalue weighted by Crippen LogP contribution is -2.39. The number of amides is 2. The van der Waals surface area contributed by atoms with E-state index in [2.05, 4.69) is 32.7 Å². The molecule has 0 aliphatic rings. The molecule has 0 radical (unpaired) electrons. The molecule has 11 heteroatoms. The van der Waals surface area contributed by atoms with Gasteiger partial charge in [-0.15, -0.1) is 10.2 Å². The standard InChI is InChI=1S/C22H30N8O3/c1-4-15-5-7-16(8-6-15)19(13-25-2)27-21(31)17(23)14-30(24)12-11-26-22(32)18-9-10-20(33-3)29-28-18/h5-10,13-14,19H,4,11-12,23-24H2,1-3H3,(H,26,32)(H,27,31)/b17-14-,25-13?. The normalized spacial score (nSPS) is 12.3. The quantitative estimate of drug-likeness (QED) is 0.163. The summed E-state index contributed by atoms with van der Waals surface area (Å²) >= 11 is 0. The Bertz CT molecular complexity index is 974. The van der Waals surface area contributed by atoms with Crippen molar-refractivity contribution in [2.24, 2.45) is 16.6 Å². The number of carbonyl (C=O) groups is 2. The fourth-order valence-corrected chi connectivity index (χ4v) is 2.78. The zero-order valence-corrected chi connectivity index (χ0v) is 19.0. The van der Waals surface area contributed by atoms with Crippen LogP contribution in [0, 0.1) is 0 Å². The highest BCUT2D eigenvalue weighted by Gasteiger charge is 2.15. The molecule has 1 aromatic carbocycles. The third-order valence-electron chi connectivity index (χ3n) is 4.64. The van der Waals surface area contributed by atoms with Gasteiger partial charge in [0.2, 0.25) is 5.88 Å². The number of benzene rings is 1. The van der Waals surface area contributed by atoms with E-state index in [9.17, 15) is 9.59 Å². The molecule has 0 aliphatic heterocycles. The van der Waals surface area contributed by atoms with Crippen molar-refractivity contribution in [3.05, 3.63) is 65.1 Å². The Hall–Kier alpha value is -3.99. The minimum atomic E-state index is -0.493. The van der Waals surface area contributed by atoms with Gasteiger partial charge in [-0.1, -0.05) is 31.2 Å². The SMILES string of the molecule is CCc1ccc(C(C=NC)NC(=O)/C(N)=C/N(N)CCNC(=O)c2ccc(OC)nn2)cc1. The zero-order chi connectivity index (χ0) is 24.2. The number of ether oxygens (including phenoxy) is 1. The number of methoxy groups -OCH3 is 1. The van der Waals surface area contributed by atoms with Gasteiger partial charge in [0, 0.05) is 32.1 Å². The minimum absolute atomic E-state index is 0.0791. The Balaban J connectivity index is 1.88. The van der Waals surface area contributed by atoms with Crippen LogP contribution in [0.25, 0.3) is 0 Å². The molecule has 2 aromatic rings. The van der Waals surface area contributed by atoms with Crippen LogP contribution in [0.5, 0.6) is 5.88 Å². The van der Waals surface area contributed by atoms with Crippen LogP contribution in [0.15, 0.2) is 53.3 Å². The number of rotatable bonds is 11. The van der Waals surface area contributed by atoms with Crippen LogP contribution in [-0.2, 0) is 11.2 Å². The number of nitrogens with one attached hydrogen (secondary N) is 2. The molecule has 0 saturated carbocycles. The smallest absolute Gasteiger partial charge is 0.271 e. The molecule has 2 rings (SSSR count). The lowest BCUT2D eigenvalue weighted by Gasteiger charge is -2.18. The number of aliphatic imine (C=N–C) groups is 1. The molecule has 0 aliphatic carbocycles. The average Bonchev–Trinajstić information content (AvgIpc) is 2.83. The number of hydrazine groups is 1. The molecular weight excluding hydrogens is 424 g/mol. The number of hydrogen-bond donors (Lipinski definition) is 4. The van der Waals surface area contributed by atoms with Gasteiger partial charge < -0.3 is 26.1 Å². The summed E-state index contributed by atoms with van der Waals surface area (Å²) < 4.78 is 4.90. The van der Waals surface area contributed by atoms with E-state index in [4.69, 9.17) is 16.3 Å². The van der Waals surface area contributed by atoms with Crippen LogP contribution < -0.4 is 26.9 Å². The number of aryl methyl sites for hydroxylation is 1. The van der Waals surface area contributed by atoms with E-state index in [1.165, 1.54) is 36.0 Å². The maximum absolute atomic E-state index is 12.5. The van der Waals surface area contributed by atoms with Gasteiger partial charge in [-0.25, -0.2) is 5.84 Å². The van der Waals surface area contributed by atoms with Gasteiger partial charge >= 0.3 is 0 Å². The molecule has 6 N–H and O–H groups in total. The predicted octanol–water partition coefficient (Wildman–Crippen LogP) is 0.311. The Morgan fingerprint density at radius 1 is 1.21 bits per heavy atom. The molecule has 1 unspecified atom stereocenters. The van der Waals surface area contributed by atoms with E-state index in [1.807, 2.05) is 24.3 Å². The highest BCUT2D eigenvalue weighted by molar-refractivity contribution is 5.94. The fourth-order valence-electron chi connectivity index (χ4n) is 2.78. The van der Waals surface area contributed by atoms with Gasteiger partial charge in [0.15, 0.2) is 5.69 Å². The van der Waals surface area contributed by atoms with E-state index in [-0.39, 0.29) is 24.5 Å². The maximum atomic E-state index is 12.5. The maximum Gasteiger partial charge on any atom is 0.271 e. The van der Waals surface area contributed by atoms with E-state index in [0.29, 0.717) is 5.88 Å². The molecule has 33 heavy (non-hydrogen) atoms. The van der Waals surface area contributed by atoms with Crippen LogP contribution in [-0.4, -0.2) is 60.5 Å². The number of carbonyl (C=O) groups excluding carboxylic acids is 2. The van der Waals surface area contributed by atoms with Crippen LogP contribution in [0.1, 0.15) is 34.6 Å². The molecule has 11 nitrogen and oxygen atoms in total. The second-order valence-electron chi connectivity index (χ2n) is 6.99. The fraction of sp³-hybridized carbons (Fsp3) is 0.318. The molecular formula is C22H30N8O3. The highest BCUT2D eigenvalue weighted by atomic mass is 16.5. The molecule has 0 fully saturated rings. The van der Waals surface area contributed by atoms with Crippen LogP contribution in [0.3, 0.4) is 0 Å². The van der Waals surface area contributed by atoms with E-state index >= 15 is 0 Å². The lowest BCUT2D eigenvalue weighted by atomic mass is 10.0. The number of hydrogen-bond acceptors (Lipinski definition) is 9. The van der Waals surface area contributed by atoms with Crippen LogP contribution >= 0.6 is 0 Å². The van der Waals surface area contributed by atoms with Crippen molar-refractivity contribution in [2.45, 2.75) is 19.4 Å². The van der Waals surface area contributed by atoms with Crippen molar-refractivity contribution >= 4 is 18.0 Å². The van der Waals surface area contributed by atoms with E-state index in [1.54, 1.807) is 13.3 Å². The van der Waals surface area contributed by atoms with Gasteiger partial charge in [0.1, 0.15) is 5.70 Å². The molecule has 0 saturated heterocycles. The summed E-state index contributed by atoms with van der Waals surface area (Å²) in [7, 11) is 3.09. The summed E-state index contributed by atoms with van der Waals surface area (Å²) in [6, 6.07) is 10.5. The summed E-state index contributed by atoms with van der Waals surface area (Å²) in [5.41, 5.74) is 8.04. The highest BCUT2D eigenvalue weighted by Crippen LogP contribution is 2.13. The van der Waals surface area contributed by atoms with E-state index < -0.39 is 17.9 Å². The van der Waals surface area contributed by atoms with Crippen molar-refractivity contribution in [2.75, 3.05) is 27.2 Å². The number of aromatic nitrogens is 2. The first-order chi connectivity index (χ1) is 15.9. The van der Waals surface area contributed by atoms with Crippen LogP contribution in [0.4, 0.5) is 0 Å². The summed E-state index contributed by atoms with van der Waals surface area (Å²) in [5, 5.41) is 14.2. The van der Waals surface area contributed by atoms with Gasteiger partial charge in [-0.05, 0) is 23.6 Å². The summed E-state index contributed by atoms with van der Waals surface area (Å²) in [5.74, 6) is 5.29.